The fraction of sp³-hybridized carbons (Fsp3) is 0.727. The number of amides is 1. The van der Waals surface area contributed by atoms with Crippen LogP contribution in [0.15, 0.2) is 0 Å². The van der Waals surface area contributed by atoms with Crippen molar-refractivity contribution in [1.29, 1.82) is 0 Å². The molecule has 104 valence electrons. The molecule has 0 bridgehead atoms. The van der Waals surface area contributed by atoms with Gasteiger partial charge in [0.15, 0.2) is 0 Å². The van der Waals surface area contributed by atoms with Crippen LogP contribution in [0.2, 0.25) is 0 Å². The first-order valence-corrected chi connectivity index (χ1v) is 5.63. The summed E-state index contributed by atoms with van der Waals surface area (Å²) in [7, 11) is 2.51. The molecular weight excluding hydrogens is 242 g/mol. The molecule has 0 aromatic carbocycles. The van der Waals surface area contributed by atoms with Crippen LogP contribution in [0.1, 0.15) is 26.2 Å². The average Bonchev–Trinajstić information content (AvgIpc) is 2.36. The van der Waals surface area contributed by atoms with Crippen molar-refractivity contribution in [2.24, 2.45) is 0 Å². The van der Waals surface area contributed by atoms with Gasteiger partial charge in [0.1, 0.15) is 6.04 Å². The summed E-state index contributed by atoms with van der Waals surface area (Å²) < 4.78 is 13.7. The molecule has 0 radical (unpaired) electrons. The lowest BCUT2D eigenvalue weighted by molar-refractivity contribution is -0.144. The lowest BCUT2D eigenvalue weighted by Crippen LogP contribution is -2.41. The summed E-state index contributed by atoms with van der Waals surface area (Å²) in [5.41, 5.74) is 0. The van der Waals surface area contributed by atoms with Gasteiger partial charge < -0.3 is 19.5 Å². The number of methoxy groups -OCH3 is 2. The van der Waals surface area contributed by atoms with Crippen LogP contribution in [0, 0.1) is 0 Å². The van der Waals surface area contributed by atoms with Crippen LogP contribution in [0.25, 0.3) is 0 Å². The van der Waals surface area contributed by atoms with Crippen molar-refractivity contribution in [2.75, 3.05) is 20.8 Å². The number of hydrogen-bond donors (Lipinski definition) is 1. The summed E-state index contributed by atoms with van der Waals surface area (Å²) in [6.07, 6.45) is 0.166. The monoisotopic (exact) mass is 261 g/mol. The zero-order valence-corrected chi connectivity index (χ0v) is 10.9. The lowest BCUT2D eigenvalue weighted by Gasteiger charge is -2.15. The summed E-state index contributed by atoms with van der Waals surface area (Å²) in [4.78, 5) is 33.5. The Morgan fingerprint density at radius 3 is 2.33 bits per heavy atom. The van der Waals surface area contributed by atoms with E-state index in [0.717, 1.165) is 0 Å². The van der Waals surface area contributed by atoms with E-state index in [2.05, 4.69) is 19.5 Å². The number of esters is 2. The summed E-state index contributed by atoms with van der Waals surface area (Å²) in [5.74, 6) is -0.942. The molecule has 1 atom stereocenters. The van der Waals surface area contributed by atoms with Gasteiger partial charge in [0, 0.05) is 6.42 Å². The first kappa shape index (κ1) is 16.2. The Morgan fingerprint density at radius 2 is 1.83 bits per heavy atom. The number of ether oxygens (including phenoxy) is 3. The summed E-state index contributed by atoms with van der Waals surface area (Å²) in [6.45, 7) is 1.87. The van der Waals surface area contributed by atoms with E-state index in [9.17, 15) is 14.4 Å². The molecule has 0 aliphatic heterocycles. The van der Waals surface area contributed by atoms with Crippen LogP contribution in [0.5, 0.6) is 0 Å². The molecule has 0 fully saturated rings. The SMILES string of the molecule is CCOC(=O)N[C@@H](CCCC(=O)OC)C(=O)OC. The van der Waals surface area contributed by atoms with Crippen LogP contribution in [-0.4, -0.2) is 44.9 Å². The summed E-state index contributed by atoms with van der Waals surface area (Å²) in [5, 5.41) is 2.37. The number of carbonyl (C=O) groups excluding carboxylic acids is 3. The highest BCUT2D eigenvalue weighted by Gasteiger charge is 2.22. The minimum atomic E-state index is -0.821. The third-order valence-electron chi connectivity index (χ3n) is 2.15. The molecule has 0 rings (SSSR count). The quantitative estimate of drug-likeness (QED) is 0.533. The van der Waals surface area contributed by atoms with Gasteiger partial charge in [-0.05, 0) is 19.8 Å². The van der Waals surface area contributed by atoms with E-state index in [1.54, 1.807) is 6.92 Å². The van der Waals surface area contributed by atoms with E-state index in [0.29, 0.717) is 6.42 Å². The van der Waals surface area contributed by atoms with E-state index in [1.807, 2.05) is 0 Å². The Kier molecular flexibility index (Phi) is 8.34. The highest BCUT2D eigenvalue weighted by atomic mass is 16.6. The first-order valence-electron chi connectivity index (χ1n) is 5.63. The van der Waals surface area contributed by atoms with Gasteiger partial charge in [-0.3, -0.25) is 4.79 Å². The molecular formula is C11H19NO6. The maximum atomic E-state index is 11.4. The fourth-order valence-corrected chi connectivity index (χ4v) is 1.26. The van der Waals surface area contributed by atoms with E-state index >= 15 is 0 Å². The Balaban J connectivity index is 4.19. The van der Waals surface area contributed by atoms with Crippen molar-refractivity contribution in [3.8, 4) is 0 Å². The standard InChI is InChI=1S/C11H19NO6/c1-4-18-11(15)12-8(10(14)17-3)6-5-7-9(13)16-2/h8H,4-7H2,1-3H3,(H,12,15)/t8-/m0/s1. The molecule has 0 saturated heterocycles. The van der Waals surface area contributed by atoms with Gasteiger partial charge in [-0.25, -0.2) is 9.59 Å². The predicted octanol–water partition coefficient (Wildman–Crippen LogP) is 0.617. The molecule has 0 aromatic rings. The number of carbonyl (C=O) groups is 3. The molecule has 18 heavy (non-hydrogen) atoms. The molecule has 0 unspecified atom stereocenters. The van der Waals surface area contributed by atoms with Crippen LogP contribution in [-0.2, 0) is 23.8 Å². The van der Waals surface area contributed by atoms with Gasteiger partial charge in [0.2, 0.25) is 0 Å². The number of nitrogens with one attached hydrogen (secondary N) is 1. The van der Waals surface area contributed by atoms with Gasteiger partial charge in [-0.15, -0.1) is 0 Å². The first-order chi connectivity index (χ1) is 8.54. The second kappa shape index (κ2) is 9.26. The van der Waals surface area contributed by atoms with Crippen LogP contribution >= 0.6 is 0 Å². The van der Waals surface area contributed by atoms with Crippen molar-refractivity contribution >= 4 is 18.0 Å². The van der Waals surface area contributed by atoms with E-state index in [4.69, 9.17) is 0 Å². The predicted molar refractivity (Wildman–Crippen MR) is 61.8 cm³/mol. The second-order valence-electron chi connectivity index (χ2n) is 3.41. The zero-order chi connectivity index (χ0) is 14.0. The second-order valence-corrected chi connectivity index (χ2v) is 3.41. The maximum absolute atomic E-state index is 11.4. The van der Waals surface area contributed by atoms with E-state index in [-0.39, 0.29) is 25.4 Å². The van der Waals surface area contributed by atoms with Crippen molar-refractivity contribution in [3.05, 3.63) is 0 Å². The minimum absolute atomic E-state index is 0.175. The van der Waals surface area contributed by atoms with Crippen LogP contribution in [0.4, 0.5) is 4.79 Å². The Labute approximate surface area is 106 Å². The Bertz CT molecular complexity index is 291. The van der Waals surface area contributed by atoms with Gasteiger partial charge >= 0.3 is 18.0 Å². The van der Waals surface area contributed by atoms with Gasteiger partial charge in [-0.2, -0.15) is 0 Å². The van der Waals surface area contributed by atoms with Crippen molar-refractivity contribution in [1.82, 2.24) is 5.32 Å². The molecule has 0 aromatic heterocycles. The number of alkyl carbamates (subject to hydrolysis) is 1. The molecule has 0 heterocycles. The van der Waals surface area contributed by atoms with Gasteiger partial charge in [-0.1, -0.05) is 0 Å². The molecule has 7 heteroatoms. The van der Waals surface area contributed by atoms with Crippen molar-refractivity contribution < 1.29 is 28.6 Å². The fourth-order valence-electron chi connectivity index (χ4n) is 1.26. The smallest absolute Gasteiger partial charge is 0.407 e. The lowest BCUT2D eigenvalue weighted by atomic mass is 10.1. The minimum Gasteiger partial charge on any atom is -0.469 e. The highest BCUT2D eigenvalue weighted by molar-refractivity contribution is 5.81. The normalized spacial score (nSPS) is 11.3. The maximum Gasteiger partial charge on any atom is 0.407 e. The number of rotatable bonds is 7. The molecule has 1 amide bonds. The Hall–Kier alpha value is -1.79. The Morgan fingerprint density at radius 1 is 1.17 bits per heavy atom. The average molecular weight is 261 g/mol. The van der Waals surface area contributed by atoms with Crippen molar-refractivity contribution in [2.45, 2.75) is 32.2 Å². The molecule has 0 aliphatic carbocycles. The van der Waals surface area contributed by atoms with Gasteiger partial charge in [0.25, 0.3) is 0 Å². The van der Waals surface area contributed by atoms with Crippen LogP contribution in [0.3, 0.4) is 0 Å². The molecule has 0 aliphatic rings. The molecule has 1 N–H and O–H groups in total. The third kappa shape index (κ3) is 6.72. The third-order valence-corrected chi connectivity index (χ3v) is 2.15. The molecule has 0 spiro atoms. The molecule has 0 saturated carbocycles. The zero-order valence-electron chi connectivity index (χ0n) is 10.9. The largest absolute Gasteiger partial charge is 0.469 e. The van der Waals surface area contributed by atoms with E-state index in [1.165, 1.54) is 14.2 Å². The summed E-state index contributed by atoms with van der Waals surface area (Å²) in [6, 6.07) is -0.821. The highest BCUT2D eigenvalue weighted by Crippen LogP contribution is 2.04. The number of hydrogen-bond acceptors (Lipinski definition) is 6. The summed E-state index contributed by atoms with van der Waals surface area (Å²) >= 11 is 0. The van der Waals surface area contributed by atoms with E-state index < -0.39 is 18.1 Å². The van der Waals surface area contributed by atoms with Gasteiger partial charge in [0.05, 0.1) is 20.8 Å². The van der Waals surface area contributed by atoms with Crippen molar-refractivity contribution in [3.63, 3.8) is 0 Å². The van der Waals surface area contributed by atoms with Crippen LogP contribution < -0.4 is 5.32 Å². The topological polar surface area (TPSA) is 90.9 Å². The molecule has 7 nitrogen and oxygen atoms in total.